The highest BCUT2D eigenvalue weighted by molar-refractivity contribution is 8.18. The van der Waals surface area contributed by atoms with E-state index < -0.39 is 0 Å². The summed E-state index contributed by atoms with van der Waals surface area (Å²) < 4.78 is 23.9. The molecule has 0 aliphatic carbocycles. The van der Waals surface area contributed by atoms with E-state index in [0.717, 1.165) is 0 Å². The Balaban J connectivity index is 1.62. The average Bonchev–Trinajstić information content (AvgIpc) is 3.42. The van der Waals surface area contributed by atoms with Crippen molar-refractivity contribution in [2.24, 2.45) is 10.2 Å². The zero-order chi connectivity index (χ0) is 23.2. The number of carbonyl (C=O) groups excluding carboxylic acids is 1. The second-order valence-electron chi connectivity index (χ2n) is 6.92. The lowest BCUT2D eigenvalue weighted by Crippen LogP contribution is -2.28. The van der Waals surface area contributed by atoms with E-state index in [-0.39, 0.29) is 24.0 Å². The SMILES string of the molecule is CCOc1cc(/C=C2\S/C(=N/N=C\c3ccc(F)cc3)N(Cc3ccco3)C2=O)ccc1O. The molecule has 0 atom stereocenters. The van der Waals surface area contributed by atoms with Gasteiger partial charge in [-0.1, -0.05) is 18.2 Å². The molecule has 3 aromatic rings. The van der Waals surface area contributed by atoms with Crippen LogP contribution in [-0.4, -0.2) is 33.9 Å². The van der Waals surface area contributed by atoms with Crippen molar-refractivity contribution in [2.45, 2.75) is 13.5 Å². The first-order valence-electron chi connectivity index (χ1n) is 10.1. The molecular formula is C24H20FN3O4S. The molecule has 2 aromatic carbocycles. The fraction of sp³-hybridized carbons (Fsp3) is 0.125. The number of thioether (sulfide) groups is 1. The van der Waals surface area contributed by atoms with Gasteiger partial charge in [0.2, 0.25) is 0 Å². The molecule has 0 radical (unpaired) electrons. The molecule has 0 unspecified atom stereocenters. The van der Waals surface area contributed by atoms with Crippen molar-refractivity contribution < 1.29 is 23.4 Å². The number of benzene rings is 2. The average molecular weight is 466 g/mol. The summed E-state index contributed by atoms with van der Waals surface area (Å²) in [4.78, 5) is 15.0. The fourth-order valence-electron chi connectivity index (χ4n) is 3.02. The van der Waals surface area contributed by atoms with Crippen molar-refractivity contribution in [1.82, 2.24) is 4.90 Å². The molecule has 33 heavy (non-hydrogen) atoms. The largest absolute Gasteiger partial charge is 0.504 e. The zero-order valence-electron chi connectivity index (χ0n) is 17.6. The van der Waals surface area contributed by atoms with E-state index in [1.807, 2.05) is 6.92 Å². The predicted molar refractivity (Wildman–Crippen MR) is 126 cm³/mol. The van der Waals surface area contributed by atoms with Gasteiger partial charge in [-0.05, 0) is 72.3 Å². The number of phenols is 1. The minimum absolute atomic E-state index is 0.0289. The molecule has 1 aliphatic heterocycles. The van der Waals surface area contributed by atoms with Gasteiger partial charge in [0.05, 0.1) is 30.5 Å². The highest BCUT2D eigenvalue weighted by Crippen LogP contribution is 2.35. The molecule has 0 saturated carbocycles. The van der Waals surface area contributed by atoms with Crippen molar-refractivity contribution in [3.8, 4) is 11.5 Å². The van der Waals surface area contributed by atoms with Crippen molar-refractivity contribution in [2.75, 3.05) is 6.61 Å². The highest BCUT2D eigenvalue weighted by atomic mass is 32.2. The molecule has 2 heterocycles. The van der Waals surface area contributed by atoms with Crippen LogP contribution < -0.4 is 4.74 Å². The van der Waals surface area contributed by atoms with Gasteiger partial charge in [0.15, 0.2) is 16.7 Å². The summed E-state index contributed by atoms with van der Waals surface area (Å²) in [6.45, 7) is 2.42. The van der Waals surface area contributed by atoms with Gasteiger partial charge < -0.3 is 14.3 Å². The van der Waals surface area contributed by atoms with Crippen LogP contribution >= 0.6 is 11.8 Å². The molecule has 1 saturated heterocycles. The fourth-order valence-corrected chi connectivity index (χ4v) is 3.95. The van der Waals surface area contributed by atoms with Gasteiger partial charge in [-0.2, -0.15) is 5.10 Å². The van der Waals surface area contributed by atoms with Crippen molar-refractivity contribution in [3.05, 3.63) is 88.5 Å². The van der Waals surface area contributed by atoms with Crippen LogP contribution in [0, 0.1) is 5.82 Å². The molecule has 4 rings (SSSR count). The van der Waals surface area contributed by atoms with Crippen LogP contribution in [0.1, 0.15) is 23.8 Å². The second-order valence-corrected chi connectivity index (χ2v) is 7.93. The number of amidine groups is 1. The lowest BCUT2D eigenvalue weighted by molar-refractivity contribution is -0.122. The Morgan fingerprint density at radius 2 is 1.97 bits per heavy atom. The van der Waals surface area contributed by atoms with Gasteiger partial charge in [0, 0.05) is 0 Å². The molecule has 9 heteroatoms. The maximum atomic E-state index is 13.1. The van der Waals surface area contributed by atoms with Gasteiger partial charge in [-0.25, -0.2) is 4.39 Å². The van der Waals surface area contributed by atoms with E-state index in [9.17, 15) is 14.3 Å². The Morgan fingerprint density at radius 3 is 2.70 bits per heavy atom. The van der Waals surface area contributed by atoms with Crippen molar-refractivity contribution in [1.29, 1.82) is 0 Å². The normalized spacial score (nSPS) is 16.4. The molecular weight excluding hydrogens is 445 g/mol. The van der Waals surface area contributed by atoms with E-state index in [4.69, 9.17) is 9.15 Å². The molecule has 1 aliphatic rings. The number of hydrogen-bond acceptors (Lipinski definition) is 7. The summed E-state index contributed by atoms with van der Waals surface area (Å²) in [5.74, 6) is 0.382. The van der Waals surface area contributed by atoms with Crippen LogP contribution in [0.5, 0.6) is 11.5 Å². The molecule has 1 N–H and O–H groups in total. The third kappa shape index (κ3) is 5.50. The van der Waals surface area contributed by atoms with Gasteiger partial charge in [-0.15, -0.1) is 5.10 Å². The minimum Gasteiger partial charge on any atom is -0.504 e. The molecule has 1 fully saturated rings. The van der Waals surface area contributed by atoms with Crippen LogP contribution in [0.3, 0.4) is 0 Å². The Hall–Kier alpha value is -3.85. The van der Waals surface area contributed by atoms with E-state index in [1.54, 1.807) is 42.5 Å². The summed E-state index contributed by atoms with van der Waals surface area (Å²) in [6.07, 6.45) is 4.73. The molecule has 7 nitrogen and oxygen atoms in total. The molecule has 168 valence electrons. The Kier molecular flexibility index (Phi) is 6.89. The maximum Gasteiger partial charge on any atom is 0.267 e. The number of carbonyl (C=O) groups is 1. The van der Waals surface area contributed by atoms with Gasteiger partial charge in [0.25, 0.3) is 5.91 Å². The van der Waals surface area contributed by atoms with Crippen LogP contribution in [-0.2, 0) is 11.3 Å². The third-order valence-electron chi connectivity index (χ3n) is 4.58. The maximum absolute atomic E-state index is 13.1. The standard InChI is InChI=1S/C24H20FN3O4S/c1-2-31-21-12-17(7-10-20(21)29)13-22-23(30)28(15-19-4-3-11-32-19)24(33-22)27-26-14-16-5-8-18(25)9-6-16/h3-14,29H,2,15H2,1H3/b22-13-,26-14-,27-24+. The number of phenolic OH excluding ortho intramolecular Hbond substituents is 1. The second kappa shape index (κ2) is 10.2. The lowest BCUT2D eigenvalue weighted by atomic mass is 10.2. The summed E-state index contributed by atoms with van der Waals surface area (Å²) >= 11 is 1.17. The summed E-state index contributed by atoms with van der Waals surface area (Å²) in [5, 5.41) is 18.6. The molecule has 1 aromatic heterocycles. The number of amides is 1. The van der Waals surface area contributed by atoms with Crippen LogP contribution in [0.2, 0.25) is 0 Å². The third-order valence-corrected chi connectivity index (χ3v) is 5.58. The minimum atomic E-state index is -0.337. The predicted octanol–water partition coefficient (Wildman–Crippen LogP) is 5.03. The zero-order valence-corrected chi connectivity index (χ0v) is 18.5. The molecule has 1 amide bonds. The van der Waals surface area contributed by atoms with Crippen LogP contribution in [0.4, 0.5) is 4.39 Å². The van der Waals surface area contributed by atoms with E-state index in [0.29, 0.717) is 39.3 Å². The van der Waals surface area contributed by atoms with Gasteiger partial charge in [-0.3, -0.25) is 9.69 Å². The lowest BCUT2D eigenvalue weighted by Gasteiger charge is -2.12. The monoisotopic (exact) mass is 465 g/mol. The van der Waals surface area contributed by atoms with Crippen molar-refractivity contribution >= 4 is 35.1 Å². The first kappa shape index (κ1) is 22.3. The molecule has 0 spiro atoms. The van der Waals surface area contributed by atoms with Crippen LogP contribution in [0.15, 0.2) is 80.4 Å². The molecule has 0 bridgehead atoms. The Bertz CT molecular complexity index is 1220. The van der Waals surface area contributed by atoms with Gasteiger partial charge in [0.1, 0.15) is 11.6 Å². The first-order valence-corrected chi connectivity index (χ1v) is 10.9. The van der Waals surface area contributed by atoms with Crippen LogP contribution in [0.25, 0.3) is 6.08 Å². The number of furan rings is 1. The first-order chi connectivity index (χ1) is 16.0. The number of hydrogen-bond donors (Lipinski definition) is 1. The summed E-state index contributed by atoms with van der Waals surface area (Å²) in [7, 11) is 0. The number of rotatable bonds is 7. The number of nitrogens with zero attached hydrogens (tertiary/aromatic N) is 3. The number of ether oxygens (including phenoxy) is 1. The smallest absolute Gasteiger partial charge is 0.267 e. The Morgan fingerprint density at radius 1 is 1.18 bits per heavy atom. The highest BCUT2D eigenvalue weighted by Gasteiger charge is 2.34. The van der Waals surface area contributed by atoms with E-state index >= 15 is 0 Å². The number of halogens is 1. The van der Waals surface area contributed by atoms with E-state index in [2.05, 4.69) is 10.2 Å². The van der Waals surface area contributed by atoms with E-state index in [1.165, 1.54) is 47.3 Å². The van der Waals surface area contributed by atoms with Crippen molar-refractivity contribution in [3.63, 3.8) is 0 Å². The quantitative estimate of drug-likeness (QED) is 0.300. The topological polar surface area (TPSA) is 87.6 Å². The summed E-state index contributed by atoms with van der Waals surface area (Å²) in [6, 6.07) is 14.2. The Labute approximate surface area is 193 Å². The van der Waals surface area contributed by atoms with Gasteiger partial charge >= 0.3 is 0 Å². The summed E-state index contributed by atoms with van der Waals surface area (Å²) in [5.41, 5.74) is 1.37. The number of aromatic hydroxyl groups is 1.